The largest absolute Gasteiger partial charge is 0.343 e. The Balaban J connectivity index is 1.46. The minimum Gasteiger partial charge on any atom is -0.343 e. The molecule has 166 valence electrons. The lowest BCUT2D eigenvalue weighted by molar-refractivity contribution is 0.0887. The van der Waals surface area contributed by atoms with Gasteiger partial charge in [-0.25, -0.2) is 8.78 Å². The molecule has 1 fully saturated rings. The number of hydrogen-bond acceptors (Lipinski definition) is 3. The van der Waals surface area contributed by atoms with Crippen molar-refractivity contribution in [2.24, 2.45) is 5.92 Å². The Kier molecular flexibility index (Phi) is 6.90. The number of halogens is 2. The number of amides is 1. The van der Waals surface area contributed by atoms with E-state index in [4.69, 9.17) is 0 Å². The molecule has 4 nitrogen and oxygen atoms in total. The van der Waals surface area contributed by atoms with E-state index in [1.54, 1.807) is 18.3 Å². The molecule has 2 heterocycles. The molecule has 4 rings (SSSR count). The number of piperidine rings is 1. The highest BCUT2D eigenvalue weighted by molar-refractivity contribution is 5.95. The van der Waals surface area contributed by atoms with Crippen molar-refractivity contribution >= 4 is 5.91 Å². The number of hydrogen-bond donors (Lipinski definition) is 1. The summed E-state index contributed by atoms with van der Waals surface area (Å²) >= 11 is 0. The summed E-state index contributed by atoms with van der Waals surface area (Å²) < 4.78 is 27.6. The van der Waals surface area contributed by atoms with Gasteiger partial charge in [0.15, 0.2) is 11.6 Å². The zero-order valence-corrected chi connectivity index (χ0v) is 18.1. The Bertz CT molecular complexity index is 1070. The number of likely N-dealkylation sites (tertiary alicyclic amines) is 1. The minimum absolute atomic E-state index is 0.108. The Morgan fingerprint density at radius 3 is 2.53 bits per heavy atom. The molecule has 32 heavy (non-hydrogen) atoms. The Labute approximate surface area is 187 Å². The van der Waals surface area contributed by atoms with Gasteiger partial charge in [0.1, 0.15) is 0 Å². The van der Waals surface area contributed by atoms with Crippen LogP contribution in [0.4, 0.5) is 8.78 Å². The molecule has 0 radical (unpaired) electrons. The summed E-state index contributed by atoms with van der Waals surface area (Å²) in [7, 11) is 0. The van der Waals surface area contributed by atoms with Crippen LogP contribution in [0.5, 0.6) is 0 Å². The maximum absolute atomic E-state index is 14.1. The van der Waals surface area contributed by atoms with Crippen LogP contribution in [0.1, 0.15) is 46.1 Å². The van der Waals surface area contributed by atoms with Crippen molar-refractivity contribution in [3.63, 3.8) is 0 Å². The summed E-state index contributed by atoms with van der Waals surface area (Å²) in [5.74, 6) is -1.49. The number of rotatable bonds is 6. The molecule has 0 aliphatic carbocycles. The lowest BCUT2D eigenvalue weighted by Crippen LogP contribution is -2.41. The molecule has 2 aromatic carbocycles. The summed E-state index contributed by atoms with van der Waals surface area (Å²) in [6.45, 7) is 3.78. The van der Waals surface area contributed by atoms with Gasteiger partial charge in [-0.15, -0.1) is 0 Å². The van der Waals surface area contributed by atoms with Crippen LogP contribution in [-0.4, -0.2) is 28.9 Å². The molecule has 1 N–H and O–H groups in total. The van der Waals surface area contributed by atoms with E-state index in [1.165, 1.54) is 0 Å². The van der Waals surface area contributed by atoms with Crippen molar-refractivity contribution in [2.45, 2.75) is 32.4 Å². The maximum atomic E-state index is 14.1. The molecule has 0 bridgehead atoms. The predicted octanol–water partition coefficient (Wildman–Crippen LogP) is 5.05. The lowest BCUT2D eigenvalue weighted by Gasteiger charge is -2.36. The van der Waals surface area contributed by atoms with Gasteiger partial charge in [0, 0.05) is 23.9 Å². The first kappa shape index (κ1) is 22.1. The van der Waals surface area contributed by atoms with Crippen molar-refractivity contribution in [1.29, 1.82) is 0 Å². The molecule has 1 aromatic heterocycles. The van der Waals surface area contributed by atoms with Crippen LogP contribution in [0.3, 0.4) is 0 Å². The van der Waals surface area contributed by atoms with Gasteiger partial charge in [-0.05, 0) is 68.6 Å². The number of benzene rings is 2. The summed E-state index contributed by atoms with van der Waals surface area (Å²) in [5.41, 5.74) is 2.80. The monoisotopic (exact) mass is 435 g/mol. The van der Waals surface area contributed by atoms with Crippen LogP contribution >= 0.6 is 0 Å². The third-order valence-electron chi connectivity index (χ3n) is 6.21. The molecule has 1 amide bonds. The average Bonchev–Trinajstić information content (AvgIpc) is 2.82. The molecule has 0 unspecified atom stereocenters. The average molecular weight is 436 g/mol. The Morgan fingerprint density at radius 2 is 1.81 bits per heavy atom. The first-order valence-corrected chi connectivity index (χ1v) is 11.0. The fourth-order valence-corrected chi connectivity index (χ4v) is 4.40. The minimum atomic E-state index is -0.813. The molecule has 1 aliphatic rings. The first-order chi connectivity index (χ1) is 15.5. The van der Waals surface area contributed by atoms with E-state index in [9.17, 15) is 13.6 Å². The van der Waals surface area contributed by atoms with E-state index >= 15 is 0 Å². The maximum Gasteiger partial charge on any atom is 0.252 e. The fraction of sp³-hybridized carbons (Fsp3) is 0.308. The van der Waals surface area contributed by atoms with Gasteiger partial charge >= 0.3 is 0 Å². The van der Waals surface area contributed by atoms with E-state index in [-0.39, 0.29) is 17.9 Å². The van der Waals surface area contributed by atoms with Crippen LogP contribution < -0.4 is 5.32 Å². The smallest absolute Gasteiger partial charge is 0.252 e. The first-order valence-electron chi connectivity index (χ1n) is 11.0. The second kappa shape index (κ2) is 10.0. The zero-order chi connectivity index (χ0) is 22.5. The van der Waals surface area contributed by atoms with Crippen molar-refractivity contribution < 1.29 is 13.6 Å². The quantitative estimate of drug-likeness (QED) is 0.589. The van der Waals surface area contributed by atoms with Crippen LogP contribution in [-0.2, 0) is 6.54 Å². The molecular formula is C26H27F2N3O. The highest BCUT2D eigenvalue weighted by Crippen LogP contribution is 2.31. The number of aromatic nitrogens is 1. The lowest BCUT2D eigenvalue weighted by atomic mass is 9.86. The van der Waals surface area contributed by atoms with E-state index < -0.39 is 11.6 Å². The van der Waals surface area contributed by atoms with Gasteiger partial charge in [-0.2, -0.15) is 0 Å². The van der Waals surface area contributed by atoms with Crippen molar-refractivity contribution in [3.8, 4) is 0 Å². The van der Waals surface area contributed by atoms with Gasteiger partial charge in [-0.3, -0.25) is 14.7 Å². The molecule has 1 aliphatic heterocycles. The third kappa shape index (κ3) is 5.02. The van der Waals surface area contributed by atoms with Crippen molar-refractivity contribution in [1.82, 2.24) is 15.2 Å². The highest BCUT2D eigenvalue weighted by Gasteiger charge is 2.30. The van der Waals surface area contributed by atoms with E-state index in [1.807, 2.05) is 49.4 Å². The SMILES string of the molecule is Cc1ccccc1C(=O)N[C@H](c1ccccn1)C1CCN(Cc2cccc(F)c2F)CC1. The molecule has 1 atom stereocenters. The highest BCUT2D eigenvalue weighted by atomic mass is 19.2. The zero-order valence-electron chi connectivity index (χ0n) is 18.1. The van der Waals surface area contributed by atoms with Crippen molar-refractivity contribution in [2.75, 3.05) is 13.1 Å². The van der Waals surface area contributed by atoms with E-state index in [0.717, 1.165) is 43.3 Å². The summed E-state index contributed by atoms with van der Waals surface area (Å²) in [6, 6.07) is 17.4. The van der Waals surface area contributed by atoms with Gasteiger partial charge in [-0.1, -0.05) is 36.4 Å². The third-order valence-corrected chi connectivity index (χ3v) is 6.21. The number of nitrogens with zero attached hydrogens (tertiary/aromatic N) is 2. The molecule has 3 aromatic rings. The second-order valence-electron chi connectivity index (χ2n) is 8.35. The van der Waals surface area contributed by atoms with Crippen LogP contribution in [0.25, 0.3) is 0 Å². The number of nitrogens with one attached hydrogen (secondary N) is 1. The van der Waals surface area contributed by atoms with Crippen LogP contribution in [0, 0.1) is 24.5 Å². The van der Waals surface area contributed by atoms with Gasteiger partial charge in [0.25, 0.3) is 5.91 Å². The Morgan fingerprint density at radius 1 is 1.06 bits per heavy atom. The summed E-state index contributed by atoms with van der Waals surface area (Å²) in [4.78, 5) is 19.7. The fourth-order valence-electron chi connectivity index (χ4n) is 4.40. The van der Waals surface area contributed by atoms with Crippen molar-refractivity contribution in [3.05, 3.63) is 101 Å². The van der Waals surface area contributed by atoms with Crippen LogP contribution in [0.15, 0.2) is 66.9 Å². The molecule has 0 spiro atoms. The number of aryl methyl sites for hydroxylation is 1. The topological polar surface area (TPSA) is 45.2 Å². The van der Waals surface area contributed by atoms with E-state index in [0.29, 0.717) is 17.7 Å². The molecule has 6 heteroatoms. The van der Waals surface area contributed by atoms with Gasteiger partial charge in [0.2, 0.25) is 0 Å². The molecule has 1 saturated heterocycles. The molecular weight excluding hydrogens is 408 g/mol. The Hall–Kier alpha value is -3.12. The second-order valence-corrected chi connectivity index (χ2v) is 8.35. The van der Waals surface area contributed by atoms with E-state index in [2.05, 4.69) is 15.2 Å². The van der Waals surface area contributed by atoms with Crippen LogP contribution in [0.2, 0.25) is 0 Å². The standard InChI is InChI=1S/C26H27F2N3O/c1-18-7-2-3-9-21(18)26(32)30-25(23-11-4-5-14-29-23)19-12-15-31(16-13-19)17-20-8-6-10-22(27)24(20)28/h2-11,14,19,25H,12-13,15-17H2,1H3,(H,30,32)/t25-/m0/s1. The number of carbonyl (C=O) groups is 1. The molecule has 0 saturated carbocycles. The number of pyridine rings is 1. The van der Waals surface area contributed by atoms with Gasteiger partial charge < -0.3 is 5.32 Å². The summed E-state index contributed by atoms with van der Waals surface area (Å²) in [6.07, 6.45) is 3.39. The summed E-state index contributed by atoms with van der Waals surface area (Å²) in [5, 5.41) is 3.21. The van der Waals surface area contributed by atoms with Gasteiger partial charge in [0.05, 0.1) is 11.7 Å². The normalized spacial score (nSPS) is 16.0. The predicted molar refractivity (Wildman–Crippen MR) is 120 cm³/mol. The number of carbonyl (C=O) groups excluding carboxylic acids is 1.